The summed E-state index contributed by atoms with van der Waals surface area (Å²) >= 11 is 0. The highest BCUT2D eigenvalue weighted by atomic mass is 32.2. The number of nitrogens with zero attached hydrogens (tertiary/aromatic N) is 2. The van der Waals surface area contributed by atoms with Gasteiger partial charge in [-0.15, -0.1) is 0 Å². The van der Waals surface area contributed by atoms with Crippen LogP contribution in [0.2, 0.25) is 0 Å². The number of amides is 1. The topological polar surface area (TPSA) is 79.4 Å². The number of carbonyl (C=O) groups is 1. The first-order valence-corrected chi connectivity index (χ1v) is 10.6. The molecule has 1 fully saturated rings. The minimum absolute atomic E-state index is 0.0503. The van der Waals surface area contributed by atoms with Gasteiger partial charge in [0.25, 0.3) is 0 Å². The maximum absolute atomic E-state index is 12.6. The average Bonchev–Trinajstić information content (AvgIpc) is 2.69. The predicted molar refractivity (Wildman–Crippen MR) is 105 cm³/mol. The Kier molecular flexibility index (Phi) is 5.92. The summed E-state index contributed by atoms with van der Waals surface area (Å²) in [5.74, 6) is 0.210. The molecule has 144 valence electrons. The largest absolute Gasteiger partial charge is 0.326 e. The second-order valence-electron chi connectivity index (χ2n) is 7.13. The molecule has 1 aromatic carbocycles. The second kappa shape index (κ2) is 8.19. The van der Waals surface area contributed by atoms with Gasteiger partial charge in [-0.25, -0.2) is 8.42 Å². The Morgan fingerprint density at radius 1 is 1.15 bits per heavy atom. The standard InChI is InChI=1S/C20H25N3O3S/c1-15(2)16-5-7-18(8-6-16)22-20(24)17-9-12-23(13-10-17)27(25,26)19-4-3-11-21-14-19/h3-8,11,14-15,17H,9-10,12-13H2,1-2H3,(H,22,24). The lowest BCUT2D eigenvalue weighted by Gasteiger charge is -2.30. The molecule has 2 aromatic rings. The predicted octanol–water partition coefficient (Wildman–Crippen LogP) is 3.24. The molecular formula is C20H25N3O3S. The van der Waals surface area contributed by atoms with Crippen molar-refractivity contribution in [2.24, 2.45) is 5.92 Å². The third-order valence-electron chi connectivity index (χ3n) is 4.94. The molecule has 3 rings (SSSR count). The smallest absolute Gasteiger partial charge is 0.244 e. The van der Waals surface area contributed by atoms with E-state index in [9.17, 15) is 13.2 Å². The van der Waals surface area contributed by atoms with Crippen LogP contribution in [-0.4, -0.2) is 36.7 Å². The van der Waals surface area contributed by atoms with Crippen LogP contribution < -0.4 is 5.32 Å². The summed E-state index contributed by atoms with van der Waals surface area (Å²) in [5, 5.41) is 2.95. The van der Waals surface area contributed by atoms with E-state index >= 15 is 0 Å². The van der Waals surface area contributed by atoms with Crippen LogP contribution in [-0.2, 0) is 14.8 Å². The van der Waals surface area contributed by atoms with E-state index in [0.29, 0.717) is 31.8 Å². The summed E-state index contributed by atoms with van der Waals surface area (Å²) in [4.78, 5) is 16.6. The zero-order chi connectivity index (χ0) is 19.4. The molecule has 1 aliphatic rings. The van der Waals surface area contributed by atoms with E-state index in [0.717, 1.165) is 5.69 Å². The van der Waals surface area contributed by atoms with E-state index in [1.807, 2.05) is 24.3 Å². The zero-order valence-electron chi connectivity index (χ0n) is 15.6. The molecule has 1 N–H and O–H groups in total. The summed E-state index contributed by atoms with van der Waals surface area (Å²) in [6, 6.07) is 11.0. The van der Waals surface area contributed by atoms with Crippen LogP contribution in [0.5, 0.6) is 0 Å². The lowest BCUT2D eigenvalue weighted by atomic mass is 9.97. The number of benzene rings is 1. The minimum Gasteiger partial charge on any atom is -0.326 e. The first-order chi connectivity index (χ1) is 12.9. The van der Waals surface area contributed by atoms with E-state index in [1.54, 1.807) is 18.3 Å². The average molecular weight is 388 g/mol. The van der Waals surface area contributed by atoms with E-state index in [1.165, 1.54) is 16.1 Å². The molecule has 2 heterocycles. The van der Waals surface area contributed by atoms with Gasteiger partial charge >= 0.3 is 0 Å². The van der Waals surface area contributed by atoms with Crippen LogP contribution in [0, 0.1) is 5.92 Å². The molecule has 27 heavy (non-hydrogen) atoms. The second-order valence-corrected chi connectivity index (χ2v) is 9.07. The number of piperidine rings is 1. The number of sulfonamides is 1. The van der Waals surface area contributed by atoms with Gasteiger partial charge in [0.1, 0.15) is 4.90 Å². The highest BCUT2D eigenvalue weighted by Gasteiger charge is 2.32. The Labute approximate surface area is 160 Å². The summed E-state index contributed by atoms with van der Waals surface area (Å²) in [7, 11) is -3.54. The maximum atomic E-state index is 12.6. The monoisotopic (exact) mass is 387 g/mol. The highest BCUT2D eigenvalue weighted by molar-refractivity contribution is 7.89. The molecule has 0 aliphatic carbocycles. The Morgan fingerprint density at radius 2 is 1.81 bits per heavy atom. The molecule has 0 spiro atoms. The summed E-state index contributed by atoms with van der Waals surface area (Å²) in [6.45, 7) is 4.92. The Balaban J connectivity index is 1.58. The van der Waals surface area contributed by atoms with Crippen molar-refractivity contribution < 1.29 is 13.2 Å². The summed E-state index contributed by atoms with van der Waals surface area (Å²) in [6.07, 6.45) is 3.92. The molecule has 1 aliphatic heterocycles. The fraction of sp³-hybridized carbons (Fsp3) is 0.400. The zero-order valence-corrected chi connectivity index (χ0v) is 16.4. The fourth-order valence-corrected chi connectivity index (χ4v) is 4.64. The number of nitrogens with one attached hydrogen (secondary N) is 1. The van der Waals surface area contributed by atoms with Crippen molar-refractivity contribution in [3.05, 3.63) is 54.4 Å². The normalized spacial score (nSPS) is 16.4. The number of anilines is 1. The molecule has 6 nitrogen and oxygen atoms in total. The lowest BCUT2D eigenvalue weighted by Crippen LogP contribution is -2.41. The maximum Gasteiger partial charge on any atom is 0.244 e. The van der Waals surface area contributed by atoms with Crippen molar-refractivity contribution >= 4 is 21.6 Å². The van der Waals surface area contributed by atoms with Gasteiger partial charge < -0.3 is 5.32 Å². The molecule has 1 saturated heterocycles. The van der Waals surface area contributed by atoms with Crippen LogP contribution in [0.1, 0.15) is 38.2 Å². The molecule has 0 radical (unpaired) electrons. The van der Waals surface area contributed by atoms with Crippen LogP contribution >= 0.6 is 0 Å². The van der Waals surface area contributed by atoms with E-state index in [2.05, 4.69) is 24.1 Å². The van der Waals surface area contributed by atoms with Gasteiger partial charge in [-0.05, 0) is 48.6 Å². The van der Waals surface area contributed by atoms with E-state index in [-0.39, 0.29) is 16.7 Å². The third-order valence-corrected chi connectivity index (χ3v) is 6.82. The Bertz CT molecular complexity index is 872. The molecule has 0 saturated carbocycles. The van der Waals surface area contributed by atoms with Crippen molar-refractivity contribution in [2.75, 3.05) is 18.4 Å². The first kappa shape index (κ1) is 19.5. The highest BCUT2D eigenvalue weighted by Crippen LogP contribution is 2.25. The number of hydrogen-bond acceptors (Lipinski definition) is 4. The third kappa shape index (κ3) is 4.54. The number of hydrogen-bond donors (Lipinski definition) is 1. The summed E-state index contributed by atoms with van der Waals surface area (Å²) in [5.41, 5.74) is 2.00. The first-order valence-electron chi connectivity index (χ1n) is 9.19. The van der Waals surface area contributed by atoms with E-state index in [4.69, 9.17) is 0 Å². The molecule has 7 heteroatoms. The fourth-order valence-electron chi connectivity index (χ4n) is 3.20. The van der Waals surface area contributed by atoms with E-state index < -0.39 is 10.0 Å². The minimum atomic E-state index is -3.54. The van der Waals surface area contributed by atoms with Gasteiger partial charge in [0.15, 0.2) is 0 Å². The van der Waals surface area contributed by atoms with Gasteiger partial charge in [-0.2, -0.15) is 4.31 Å². The van der Waals surface area contributed by atoms with Crippen LogP contribution in [0.25, 0.3) is 0 Å². The lowest BCUT2D eigenvalue weighted by molar-refractivity contribution is -0.120. The summed E-state index contributed by atoms with van der Waals surface area (Å²) < 4.78 is 26.7. The van der Waals surface area contributed by atoms with Gasteiger partial charge in [0.2, 0.25) is 15.9 Å². The number of aromatic nitrogens is 1. The Morgan fingerprint density at radius 3 is 2.37 bits per heavy atom. The quantitative estimate of drug-likeness (QED) is 0.854. The SMILES string of the molecule is CC(C)c1ccc(NC(=O)C2CCN(S(=O)(=O)c3cccnc3)CC2)cc1. The van der Waals surface area contributed by atoms with Crippen LogP contribution in [0.4, 0.5) is 5.69 Å². The van der Waals surface area contributed by atoms with Crippen LogP contribution in [0.15, 0.2) is 53.7 Å². The number of rotatable bonds is 5. The van der Waals surface area contributed by atoms with Crippen molar-refractivity contribution in [1.82, 2.24) is 9.29 Å². The molecule has 0 atom stereocenters. The van der Waals surface area contributed by atoms with Crippen molar-refractivity contribution in [3.63, 3.8) is 0 Å². The van der Waals surface area contributed by atoms with Crippen molar-refractivity contribution in [1.29, 1.82) is 0 Å². The number of pyridine rings is 1. The molecule has 0 unspecified atom stereocenters. The van der Waals surface area contributed by atoms with Crippen molar-refractivity contribution in [2.45, 2.75) is 37.5 Å². The van der Waals surface area contributed by atoms with Crippen molar-refractivity contribution in [3.8, 4) is 0 Å². The van der Waals surface area contributed by atoms with Gasteiger partial charge in [0, 0.05) is 37.1 Å². The van der Waals surface area contributed by atoms with Crippen LogP contribution in [0.3, 0.4) is 0 Å². The molecule has 0 bridgehead atoms. The molecule has 1 aromatic heterocycles. The van der Waals surface area contributed by atoms with Gasteiger partial charge in [0.05, 0.1) is 0 Å². The number of carbonyl (C=O) groups excluding carboxylic acids is 1. The Hall–Kier alpha value is -2.25. The molecular weight excluding hydrogens is 362 g/mol. The van der Waals surface area contributed by atoms with Gasteiger partial charge in [-0.3, -0.25) is 9.78 Å². The van der Waals surface area contributed by atoms with Gasteiger partial charge in [-0.1, -0.05) is 26.0 Å². The molecule has 1 amide bonds.